The fourth-order valence-corrected chi connectivity index (χ4v) is 3.09. The third-order valence-electron chi connectivity index (χ3n) is 4.15. The number of primary amides is 1. The van der Waals surface area contributed by atoms with Crippen LogP contribution >= 0.6 is 11.6 Å². The summed E-state index contributed by atoms with van der Waals surface area (Å²) in [4.78, 5) is 25.1. The molecule has 0 radical (unpaired) electrons. The van der Waals surface area contributed by atoms with Crippen molar-refractivity contribution >= 4 is 29.2 Å². The Morgan fingerprint density at radius 3 is 2.77 bits per heavy atom. The Labute approximate surface area is 155 Å². The summed E-state index contributed by atoms with van der Waals surface area (Å²) >= 11 is 6.21. The molecule has 0 bridgehead atoms. The first kappa shape index (κ1) is 17.9. The Hall–Kier alpha value is -2.93. The summed E-state index contributed by atoms with van der Waals surface area (Å²) in [5.74, 6) is 1.22. The first-order valence-electron chi connectivity index (χ1n) is 7.87. The van der Waals surface area contributed by atoms with Crippen molar-refractivity contribution in [2.45, 2.75) is 12.5 Å². The van der Waals surface area contributed by atoms with Crippen LogP contribution < -0.4 is 25.4 Å². The number of nitrogens with zero attached hydrogens (tertiary/aromatic N) is 1. The van der Waals surface area contributed by atoms with Crippen molar-refractivity contribution < 1.29 is 19.1 Å². The number of carbonyl (C=O) groups is 2. The van der Waals surface area contributed by atoms with E-state index in [1.165, 1.54) is 4.90 Å². The molecule has 2 aromatic rings. The average Bonchev–Trinajstić information content (AvgIpc) is 2.61. The van der Waals surface area contributed by atoms with Gasteiger partial charge < -0.3 is 25.4 Å². The highest BCUT2D eigenvalue weighted by molar-refractivity contribution is 6.32. The standard InChI is InChI=1S/C18H18ClN3O4/c1-22-16-10(8-13(17(22)23)21-18(20)24)4-3-5-14(16)26-15-9-11(25-2)6-7-12(15)19/h3-7,9,13H,8H2,1-2H3,(H3,20,21,24)/t13-/m1/s1. The van der Waals surface area contributed by atoms with Crippen LogP contribution in [0.4, 0.5) is 10.5 Å². The van der Waals surface area contributed by atoms with E-state index >= 15 is 0 Å². The van der Waals surface area contributed by atoms with E-state index in [0.717, 1.165) is 5.56 Å². The van der Waals surface area contributed by atoms with Gasteiger partial charge in [0, 0.05) is 19.5 Å². The number of carbonyl (C=O) groups excluding carboxylic acids is 2. The number of urea groups is 1. The van der Waals surface area contributed by atoms with Crippen LogP contribution in [0.25, 0.3) is 0 Å². The zero-order valence-corrected chi connectivity index (χ0v) is 15.0. The molecule has 0 fully saturated rings. The second-order valence-electron chi connectivity index (χ2n) is 5.82. The predicted octanol–water partition coefficient (Wildman–Crippen LogP) is 2.70. The lowest BCUT2D eigenvalue weighted by Crippen LogP contribution is -2.53. The Balaban J connectivity index is 1.97. The normalized spacial score (nSPS) is 16.0. The Morgan fingerprint density at radius 2 is 2.08 bits per heavy atom. The van der Waals surface area contributed by atoms with E-state index < -0.39 is 12.1 Å². The van der Waals surface area contributed by atoms with Gasteiger partial charge in [-0.2, -0.15) is 0 Å². The van der Waals surface area contributed by atoms with E-state index in [1.54, 1.807) is 38.4 Å². The highest BCUT2D eigenvalue weighted by Gasteiger charge is 2.33. The van der Waals surface area contributed by atoms with E-state index in [0.29, 0.717) is 34.4 Å². The third kappa shape index (κ3) is 3.39. The van der Waals surface area contributed by atoms with Crippen molar-refractivity contribution in [3.63, 3.8) is 0 Å². The van der Waals surface area contributed by atoms with Gasteiger partial charge in [0.25, 0.3) is 0 Å². The number of ether oxygens (including phenoxy) is 2. The number of fused-ring (bicyclic) bond motifs is 1. The zero-order valence-electron chi connectivity index (χ0n) is 14.3. The molecule has 1 heterocycles. The van der Waals surface area contributed by atoms with Crippen LogP contribution in [0.5, 0.6) is 17.2 Å². The first-order chi connectivity index (χ1) is 12.4. The summed E-state index contributed by atoms with van der Waals surface area (Å²) in [6.07, 6.45) is 0.324. The molecule has 3 rings (SSSR count). The minimum Gasteiger partial charge on any atom is -0.497 e. The van der Waals surface area contributed by atoms with Crippen molar-refractivity contribution in [3.8, 4) is 17.2 Å². The number of rotatable bonds is 4. The maximum Gasteiger partial charge on any atom is 0.312 e. The Bertz CT molecular complexity index is 872. The van der Waals surface area contributed by atoms with Gasteiger partial charge in [0.05, 0.1) is 17.8 Å². The number of methoxy groups -OCH3 is 1. The molecular weight excluding hydrogens is 358 g/mol. The van der Waals surface area contributed by atoms with Crippen molar-refractivity contribution in [2.75, 3.05) is 19.1 Å². The van der Waals surface area contributed by atoms with Crippen LogP contribution in [0.3, 0.4) is 0 Å². The molecular formula is C18H18ClN3O4. The molecule has 0 aliphatic carbocycles. The topological polar surface area (TPSA) is 93.9 Å². The number of nitrogens with one attached hydrogen (secondary N) is 1. The quantitative estimate of drug-likeness (QED) is 0.859. The lowest BCUT2D eigenvalue weighted by Gasteiger charge is -2.32. The molecule has 0 aromatic heterocycles. The van der Waals surface area contributed by atoms with Gasteiger partial charge >= 0.3 is 6.03 Å². The van der Waals surface area contributed by atoms with Crippen LogP contribution in [0.15, 0.2) is 36.4 Å². The molecule has 0 saturated heterocycles. The van der Waals surface area contributed by atoms with Crippen LogP contribution in [0, 0.1) is 0 Å². The summed E-state index contributed by atoms with van der Waals surface area (Å²) in [5, 5.41) is 2.88. The molecule has 136 valence electrons. The first-order valence-corrected chi connectivity index (χ1v) is 8.25. The highest BCUT2D eigenvalue weighted by Crippen LogP contribution is 2.40. The number of hydrogen-bond acceptors (Lipinski definition) is 4. The van der Waals surface area contributed by atoms with Gasteiger partial charge in [-0.1, -0.05) is 23.7 Å². The van der Waals surface area contributed by atoms with Gasteiger partial charge in [-0.15, -0.1) is 0 Å². The SMILES string of the molecule is COc1ccc(Cl)c(Oc2cccc3c2N(C)C(=O)[C@H](NC(N)=O)C3)c1. The number of benzene rings is 2. The number of para-hydroxylation sites is 1. The van der Waals surface area contributed by atoms with Crippen LogP contribution in [-0.2, 0) is 11.2 Å². The summed E-state index contributed by atoms with van der Waals surface area (Å²) in [7, 11) is 3.17. The van der Waals surface area contributed by atoms with E-state index in [4.69, 9.17) is 26.8 Å². The summed E-state index contributed by atoms with van der Waals surface area (Å²) in [6, 6.07) is 9.06. The van der Waals surface area contributed by atoms with Gasteiger partial charge in [0.1, 0.15) is 17.5 Å². The smallest absolute Gasteiger partial charge is 0.312 e. The molecule has 8 heteroatoms. The van der Waals surface area contributed by atoms with Crippen molar-refractivity contribution in [1.82, 2.24) is 5.32 Å². The minimum atomic E-state index is -0.740. The van der Waals surface area contributed by atoms with Crippen LogP contribution in [0.1, 0.15) is 5.56 Å². The number of likely N-dealkylation sites (N-methyl/N-ethyl adjacent to an activating group) is 1. The maximum atomic E-state index is 12.5. The molecule has 26 heavy (non-hydrogen) atoms. The molecule has 3 N–H and O–H groups in total. The summed E-state index contributed by atoms with van der Waals surface area (Å²) < 4.78 is 11.2. The lowest BCUT2D eigenvalue weighted by molar-refractivity contribution is -0.120. The van der Waals surface area contributed by atoms with Crippen molar-refractivity contribution in [1.29, 1.82) is 0 Å². The van der Waals surface area contributed by atoms with Gasteiger partial charge in [-0.3, -0.25) is 4.79 Å². The minimum absolute atomic E-state index is 0.274. The molecule has 1 atom stereocenters. The highest BCUT2D eigenvalue weighted by atomic mass is 35.5. The number of halogens is 1. The van der Waals surface area contributed by atoms with Gasteiger partial charge in [-0.05, 0) is 23.8 Å². The van der Waals surface area contributed by atoms with Gasteiger partial charge in [0.15, 0.2) is 5.75 Å². The molecule has 1 aliphatic heterocycles. The zero-order chi connectivity index (χ0) is 18.8. The van der Waals surface area contributed by atoms with Gasteiger partial charge in [0.2, 0.25) is 5.91 Å². The second-order valence-corrected chi connectivity index (χ2v) is 6.23. The molecule has 3 amide bonds. The number of hydrogen-bond donors (Lipinski definition) is 2. The van der Waals surface area contributed by atoms with Gasteiger partial charge in [-0.25, -0.2) is 4.79 Å². The average molecular weight is 376 g/mol. The van der Waals surface area contributed by atoms with E-state index in [1.807, 2.05) is 12.1 Å². The fourth-order valence-electron chi connectivity index (χ4n) is 2.94. The van der Waals surface area contributed by atoms with E-state index in [2.05, 4.69) is 5.32 Å². The molecule has 0 unspecified atom stereocenters. The molecule has 1 aliphatic rings. The monoisotopic (exact) mass is 375 g/mol. The summed E-state index contributed by atoms with van der Waals surface area (Å²) in [6.45, 7) is 0. The Kier molecular flexibility index (Phi) is 4.90. The van der Waals surface area contributed by atoms with Crippen molar-refractivity contribution in [3.05, 3.63) is 47.0 Å². The summed E-state index contributed by atoms with van der Waals surface area (Å²) in [5.41, 5.74) is 6.63. The molecule has 7 nitrogen and oxygen atoms in total. The second kappa shape index (κ2) is 7.13. The molecule has 0 spiro atoms. The number of anilines is 1. The third-order valence-corrected chi connectivity index (χ3v) is 4.46. The number of nitrogens with two attached hydrogens (primary N) is 1. The maximum absolute atomic E-state index is 12.5. The fraction of sp³-hybridized carbons (Fsp3) is 0.222. The molecule has 2 aromatic carbocycles. The van der Waals surface area contributed by atoms with Crippen LogP contribution in [-0.4, -0.2) is 32.1 Å². The lowest BCUT2D eigenvalue weighted by atomic mass is 9.97. The van der Waals surface area contributed by atoms with E-state index in [9.17, 15) is 9.59 Å². The largest absolute Gasteiger partial charge is 0.497 e. The van der Waals surface area contributed by atoms with E-state index in [-0.39, 0.29) is 5.91 Å². The number of amides is 3. The predicted molar refractivity (Wildman–Crippen MR) is 98.1 cm³/mol. The van der Waals surface area contributed by atoms with Crippen LogP contribution in [0.2, 0.25) is 5.02 Å². The molecule has 0 saturated carbocycles. The Morgan fingerprint density at radius 1 is 1.31 bits per heavy atom. The van der Waals surface area contributed by atoms with Crippen molar-refractivity contribution in [2.24, 2.45) is 5.73 Å².